The van der Waals surface area contributed by atoms with Gasteiger partial charge in [0.1, 0.15) is 0 Å². The third kappa shape index (κ3) is 3.24. The molecule has 0 aliphatic carbocycles. The second kappa shape index (κ2) is 5.87. The Labute approximate surface area is 117 Å². The molecule has 0 bridgehead atoms. The van der Waals surface area contributed by atoms with Gasteiger partial charge in [0.2, 0.25) is 10.0 Å². The lowest BCUT2D eigenvalue weighted by Crippen LogP contribution is -2.22. The number of rotatable bonds is 6. The van der Waals surface area contributed by atoms with E-state index in [9.17, 15) is 8.42 Å². The summed E-state index contributed by atoms with van der Waals surface area (Å²) in [4.78, 5) is 0.269. The van der Waals surface area contributed by atoms with Crippen molar-refractivity contribution in [2.75, 3.05) is 0 Å². The van der Waals surface area contributed by atoms with Crippen molar-refractivity contribution in [1.29, 1.82) is 0 Å². The third-order valence-electron chi connectivity index (χ3n) is 2.87. The van der Waals surface area contributed by atoms with Gasteiger partial charge >= 0.3 is 0 Å². The summed E-state index contributed by atoms with van der Waals surface area (Å²) in [5, 5.41) is 3.84. The third-order valence-corrected chi connectivity index (χ3v) is 4.97. The van der Waals surface area contributed by atoms with Gasteiger partial charge in [-0.2, -0.15) is 11.3 Å². The summed E-state index contributed by atoms with van der Waals surface area (Å²) in [7, 11) is -3.48. The van der Waals surface area contributed by atoms with E-state index in [2.05, 4.69) is 4.72 Å². The van der Waals surface area contributed by atoms with Crippen molar-refractivity contribution in [3.8, 4) is 0 Å². The molecule has 0 unspecified atom stereocenters. The molecule has 104 valence electrons. The minimum absolute atomic E-state index is 0.269. The van der Waals surface area contributed by atoms with Crippen LogP contribution in [-0.2, 0) is 29.7 Å². The fourth-order valence-electron chi connectivity index (χ4n) is 1.79. The highest BCUT2D eigenvalue weighted by molar-refractivity contribution is 7.89. The highest BCUT2D eigenvalue weighted by Crippen LogP contribution is 2.15. The topological polar surface area (TPSA) is 77.1 Å². The molecule has 2 rings (SSSR count). The molecular formula is C12H17N3O2S2. The number of hydrogen-bond donors (Lipinski definition) is 2. The molecule has 3 N–H and O–H groups in total. The summed E-state index contributed by atoms with van der Waals surface area (Å²) in [5.41, 5.74) is 7.38. The van der Waals surface area contributed by atoms with Gasteiger partial charge in [-0.1, -0.05) is 0 Å². The van der Waals surface area contributed by atoms with Gasteiger partial charge in [0, 0.05) is 31.5 Å². The zero-order chi connectivity index (χ0) is 13.9. The summed E-state index contributed by atoms with van der Waals surface area (Å²) in [6.45, 7) is 3.29. The van der Waals surface area contributed by atoms with Gasteiger partial charge in [-0.05, 0) is 35.4 Å². The fraction of sp³-hybridized carbons (Fsp3) is 0.333. The van der Waals surface area contributed by atoms with E-state index in [1.54, 1.807) is 23.6 Å². The summed E-state index contributed by atoms with van der Waals surface area (Å²) in [6.07, 6.45) is 1.62. The normalized spacial score (nSPS) is 11.9. The number of nitrogens with two attached hydrogens (primary N) is 1. The van der Waals surface area contributed by atoms with Crippen LogP contribution in [0.2, 0.25) is 0 Å². The van der Waals surface area contributed by atoms with Crippen LogP contribution < -0.4 is 10.5 Å². The first-order valence-electron chi connectivity index (χ1n) is 5.96. The van der Waals surface area contributed by atoms with Crippen molar-refractivity contribution < 1.29 is 8.42 Å². The molecule has 0 fully saturated rings. The number of thiophene rings is 1. The van der Waals surface area contributed by atoms with Crippen LogP contribution in [0.1, 0.15) is 18.2 Å². The molecule has 0 aromatic carbocycles. The summed E-state index contributed by atoms with van der Waals surface area (Å²) >= 11 is 1.54. The SMILES string of the molecule is CCn1cc(S(=O)(=O)NCc2ccsc2)cc1CN. The van der Waals surface area contributed by atoms with E-state index in [-0.39, 0.29) is 4.90 Å². The fourth-order valence-corrected chi connectivity index (χ4v) is 3.54. The second-order valence-electron chi connectivity index (χ2n) is 4.11. The Morgan fingerprint density at radius 1 is 1.47 bits per heavy atom. The lowest BCUT2D eigenvalue weighted by Gasteiger charge is -2.03. The predicted octanol–water partition coefficient (Wildman–Crippen LogP) is 1.51. The maximum absolute atomic E-state index is 12.2. The summed E-state index contributed by atoms with van der Waals surface area (Å²) in [5.74, 6) is 0. The van der Waals surface area contributed by atoms with Crippen LogP contribution >= 0.6 is 11.3 Å². The zero-order valence-corrected chi connectivity index (χ0v) is 12.3. The minimum Gasteiger partial charge on any atom is -0.349 e. The number of nitrogens with one attached hydrogen (secondary N) is 1. The standard InChI is InChI=1S/C12H17N3O2S2/c1-2-15-8-12(5-11(15)6-13)19(16,17)14-7-10-3-4-18-9-10/h3-5,8-9,14H,2,6-7,13H2,1H3. The van der Waals surface area contributed by atoms with E-state index in [0.29, 0.717) is 19.6 Å². The maximum atomic E-state index is 12.2. The minimum atomic E-state index is -3.48. The van der Waals surface area contributed by atoms with Crippen molar-refractivity contribution in [2.24, 2.45) is 5.73 Å². The largest absolute Gasteiger partial charge is 0.349 e. The van der Waals surface area contributed by atoms with E-state index in [1.807, 2.05) is 28.3 Å². The molecule has 0 amide bonds. The Hall–Kier alpha value is -1.15. The number of nitrogens with zero attached hydrogens (tertiary/aromatic N) is 1. The molecule has 0 saturated heterocycles. The maximum Gasteiger partial charge on any atom is 0.242 e. The number of aryl methyl sites for hydroxylation is 1. The van der Waals surface area contributed by atoms with Gasteiger partial charge in [0.25, 0.3) is 0 Å². The molecule has 2 aromatic rings. The van der Waals surface area contributed by atoms with E-state index < -0.39 is 10.0 Å². The number of aromatic nitrogens is 1. The molecule has 19 heavy (non-hydrogen) atoms. The molecule has 5 nitrogen and oxygen atoms in total. The van der Waals surface area contributed by atoms with Crippen LogP contribution in [0.3, 0.4) is 0 Å². The first kappa shape index (κ1) is 14.3. The van der Waals surface area contributed by atoms with E-state index in [4.69, 9.17) is 5.73 Å². The molecule has 0 radical (unpaired) electrons. The van der Waals surface area contributed by atoms with Crippen molar-refractivity contribution in [1.82, 2.24) is 9.29 Å². The quantitative estimate of drug-likeness (QED) is 0.848. The van der Waals surface area contributed by atoms with Gasteiger partial charge in [0.15, 0.2) is 0 Å². The lowest BCUT2D eigenvalue weighted by molar-refractivity contribution is 0.581. The average molecular weight is 299 g/mol. The van der Waals surface area contributed by atoms with E-state index in [0.717, 1.165) is 11.3 Å². The molecular weight excluding hydrogens is 282 g/mol. The Morgan fingerprint density at radius 3 is 2.79 bits per heavy atom. The van der Waals surface area contributed by atoms with Crippen molar-refractivity contribution in [3.63, 3.8) is 0 Å². The van der Waals surface area contributed by atoms with Gasteiger partial charge in [-0.15, -0.1) is 0 Å². The van der Waals surface area contributed by atoms with Crippen LogP contribution in [0.5, 0.6) is 0 Å². The average Bonchev–Trinajstić information content (AvgIpc) is 3.05. The lowest BCUT2D eigenvalue weighted by atomic mass is 10.4. The number of hydrogen-bond acceptors (Lipinski definition) is 4. The molecule has 0 aliphatic heterocycles. The van der Waals surface area contributed by atoms with Crippen LogP contribution in [0.25, 0.3) is 0 Å². The summed E-state index contributed by atoms with van der Waals surface area (Å²) in [6, 6.07) is 3.52. The predicted molar refractivity (Wildman–Crippen MR) is 76.3 cm³/mol. The second-order valence-corrected chi connectivity index (χ2v) is 6.66. The van der Waals surface area contributed by atoms with Gasteiger partial charge < -0.3 is 10.3 Å². The molecule has 2 heterocycles. The first-order chi connectivity index (χ1) is 9.06. The highest BCUT2D eigenvalue weighted by atomic mass is 32.2. The molecule has 0 saturated carbocycles. The van der Waals surface area contributed by atoms with Crippen LogP contribution in [-0.4, -0.2) is 13.0 Å². The molecule has 0 aliphatic rings. The smallest absolute Gasteiger partial charge is 0.242 e. The molecule has 2 aromatic heterocycles. The van der Waals surface area contributed by atoms with Gasteiger partial charge in [-0.25, -0.2) is 13.1 Å². The Bertz CT molecular complexity index is 608. The van der Waals surface area contributed by atoms with Crippen molar-refractivity contribution in [3.05, 3.63) is 40.3 Å². The Kier molecular flexibility index (Phi) is 4.41. The van der Waals surface area contributed by atoms with Crippen molar-refractivity contribution in [2.45, 2.75) is 31.5 Å². The Morgan fingerprint density at radius 2 is 2.26 bits per heavy atom. The van der Waals surface area contributed by atoms with Crippen LogP contribution in [0.4, 0.5) is 0 Å². The van der Waals surface area contributed by atoms with Crippen molar-refractivity contribution >= 4 is 21.4 Å². The molecule has 0 atom stereocenters. The molecule has 0 spiro atoms. The zero-order valence-electron chi connectivity index (χ0n) is 10.7. The van der Waals surface area contributed by atoms with Crippen LogP contribution in [0.15, 0.2) is 34.0 Å². The molecule has 7 heteroatoms. The highest BCUT2D eigenvalue weighted by Gasteiger charge is 2.17. The van der Waals surface area contributed by atoms with E-state index in [1.165, 1.54) is 0 Å². The first-order valence-corrected chi connectivity index (χ1v) is 8.39. The monoisotopic (exact) mass is 299 g/mol. The summed E-state index contributed by atoms with van der Waals surface area (Å²) < 4.78 is 28.8. The van der Waals surface area contributed by atoms with Gasteiger partial charge in [0.05, 0.1) is 4.90 Å². The number of sulfonamides is 1. The Balaban J connectivity index is 2.17. The van der Waals surface area contributed by atoms with E-state index >= 15 is 0 Å². The van der Waals surface area contributed by atoms with Crippen LogP contribution in [0, 0.1) is 0 Å². The van der Waals surface area contributed by atoms with Gasteiger partial charge in [-0.3, -0.25) is 0 Å².